The van der Waals surface area contributed by atoms with Gasteiger partial charge in [0.1, 0.15) is 17.7 Å². The van der Waals surface area contributed by atoms with Crippen LogP contribution in [0.1, 0.15) is 43.4 Å². The normalized spacial score (nSPS) is 15.7. The van der Waals surface area contributed by atoms with Gasteiger partial charge in [0, 0.05) is 25.7 Å². The van der Waals surface area contributed by atoms with E-state index in [1.807, 2.05) is 32.4 Å². The summed E-state index contributed by atoms with van der Waals surface area (Å²) < 4.78 is 15.7. The molecule has 2 aromatic rings. The first-order chi connectivity index (χ1) is 14.5. The number of imidazole rings is 1. The van der Waals surface area contributed by atoms with Gasteiger partial charge in [-0.05, 0) is 43.6 Å². The van der Waals surface area contributed by atoms with E-state index in [9.17, 15) is 14.0 Å². The average Bonchev–Trinajstić information content (AvgIpc) is 2.93. The molecule has 0 saturated heterocycles. The zero-order chi connectivity index (χ0) is 22.9. The third-order valence-corrected chi connectivity index (χ3v) is 5.75. The van der Waals surface area contributed by atoms with Crippen LogP contribution in [-0.2, 0) is 17.9 Å². The van der Waals surface area contributed by atoms with Gasteiger partial charge < -0.3 is 20.1 Å². The molecule has 0 radical (unpaired) electrons. The van der Waals surface area contributed by atoms with Gasteiger partial charge in [-0.15, -0.1) is 0 Å². The molecule has 1 aromatic carbocycles. The summed E-state index contributed by atoms with van der Waals surface area (Å²) in [5, 5.41) is 5.48. The summed E-state index contributed by atoms with van der Waals surface area (Å²) in [4.78, 5) is 32.5. The Hall–Kier alpha value is -2.45. The number of hydrogen-bond acceptors (Lipinski definition) is 4. The van der Waals surface area contributed by atoms with E-state index in [0.717, 1.165) is 18.7 Å². The number of halogens is 2. The molecule has 31 heavy (non-hydrogen) atoms. The van der Waals surface area contributed by atoms with Gasteiger partial charge in [0.2, 0.25) is 5.91 Å². The lowest BCUT2D eigenvalue weighted by Crippen LogP contribution is -2.53. The Balaban J connectivity index is 2.07. The van der Waals surface area contributed by atoms with Crippen LogP contribution in [-0.4, -0.2) is 52.9 Å². The van der Waals surface area contributed by atoms with Crippen molar-refractivity contribution >= 4 is 23.4 Å². The van der Waals surface area contributed by atoms with Crippen LogP contribution in [0.5, 0.6) is 0 Å². The minimum absolute atomic E-state index is 0.000921. The van der Waals surface area contributed by atoms with Crippen LogP contribution in [0.2, 0.25) is 5.02 Å². The molecule has 0 fully saturated rings. The van der Waals surface area contributed by atoms with E-state index in [0.29, 0.717) is 24.5 Å². The highest BCUT2D eigenvalue weighted by atomic mass is 35.5. The fourth-order valence-electron chi connectivity index (χ4n) is 3.78. The number of nitrogens with one attached hydrogen (secondary N) is 2. The number of amides is 2. The predicted octanol–water partition coefficient (Wildman–Crippen LogP) is 3.07. The van der Waals surface area contributed by atoms with Crippen LogP contribution >= 0.6 is 11.6 Å². The molecular formula is C22H29ClFN5O2. The number of rotatable bonds is 4. The highest BCUT2D eigenvalue weighted by molar-refractivity contribution is 6.31. The molecule has 2 amide bonds. The maximum Gasteiger partial charge on any atom is 0.272 e. The van der Waals surface area contributed by atoms with Crippen molar-refractivity contribution in [3.63, 3.8) is 0 Å². The second-order valence-corrected chi connectivity index (χ2v) is 9.40. The maximum absolute atomic E-state index is 13.7. The summed E-state index contributed by atoms with van der Waals surface area (Å²) >= 11 is 6.00. The fourth-order valence-corrected chi connectivity index (χ4v) is 3.96. The Bertz CT molecular complexity index is 999. The molecule has 0 aliphatic carbocycles. The van der Waals surface area contributed by atoms with Gasteiger partial charge in [0.15, 0.2) is 5.69 Å². The second kappa shape index (κ2) is 8.96. The average molecular weight is 450 g/mol. The van der Waals surface area contributed by atoms with E-state index in [4.69, 9.17) is 11.6 Å². The highest BCUT2D eigenvalue weighted by Crippen LogP contribution is 2.29. The molecule has 3 rings (SSSR count). The van der Waals surface area contributed by atoms with E-state index in [-0.39, 0.29) is 16.6 Å². The van der Waals surface area contributed by atoms with Crippen LogP contribution in [0.25, 0.3) is 11.4 Å². The largest absolute Gasteiger partial charge is 0.357 e. The van der Waals surface area contributed by atoms with Crippen molar-refractivity contribution in [2.75, 3.05) is 20.6 Å². The Morgan fingerprint density at radius 2 is 1.97 bits per heavy atom. The minimum Gasteiger partial charge on any atom is -0.357 e. The van der Waals surface area contributed by atoms with E-state index in [1.165, 1.54) is 12.1 Å². The topological polar surface area (TPSA) is 79.3 Å². The van der Waals surface area contributed by atoms with E-state index < -0.39 is 23.2 Å². The van der Waals surface area contributed by atoms with Crippen molar-refractivity contribution in [2.45, 2.75) is 46.3 Å². The summed E-state index contributed by atoms with van der Waals surface area (Å²) in [6.07, 6.45) is 0.881. The molecule has 168 valence electrons. The summed E-state index contributed by atoms with van der Waals surface area (Å²) in [5.74, 6) is -0.634. The Labute approximate surface area is 187 Å². The van der Waals surface area contributed by atoms with E-state index in [2.05, 4.69) is 20.5 Å². The molecule has 0 bridgehead atoms. The second-order valence-electron chi connectivity index (χ2n) is 8.99. The number of fused-ring (bicyclic) bond motifs is 1. The molecule has 2 heterocycles. The van der Waals surface area contributed by atoms with Crippen molar-refractivity contribution in [2.24, 2.45) is 5.41 Å². The van der Waals surface area contributed by atoms with Gasteiger partial charge in [-0.2, -0.15) is 0 Å². The molecule has 7 nitrogen and oxygen atoms in total. The third-order valence-electron chi connectivity index (χ3n) is 5.46. The zero-order valence-corrected chi connectivity index (χ0v) is 19.3. The molecule has 9 heteroatoms. The quantitative estimate of drug-likeness (QED) is 0.751. The molecule has 0 saturated carbocycles. The first-order valence-electron chi connectivity index (χ1n) is 10.3. The number of hydrogen-bond donors (Lipinski definition) is 2. The number of carbonyl (C=O) groups excluding carboxylic acids is 2. The van der Waals surface area contributed by atoms with Crippen LogP contribution in [0, 0.1) is 11.2 Å². The number of benzene rings is 1. The van der Waals surface area contributed by atoms with Crippen molar-refractivity contribution < 1.29 is 14.0 Å². The van der Waals surface area contributed by atoms with Crippen LogP contribution in [0.15, 0.2) is 18.2 Å². The first kappa shape index (κ1) is 23.2. The number of aromatic nitrogens is 2. The molecule has 1 aliphatic rings. The van der Waals surface area contributed by atoms with Gasteiger partial charge in [-0.25, -0.2) is 9.37 Å². The van der Waals surface area contributed by atoms with Crippen molar-refractivity contribution in [3.8, 4) is 11.4 Å². The van der Waals surface area contributed by atoms with E-state index in [1.54, 1.807) is 13.1 Å². The summed E-state index contributed by atoms with van der Waals surface area (Å²) in [5.41, 5.74) is 1.17. The van der Waals surface area contributed by atoms with Gasteiger partial charge in [-0.1, -0.05) is 32.4 Å². The van der Waals surface area contributed by atoms with Gasteiger partial charge in [0.05, 0.1) is 10.7 Å². The number of carbonyl (C=O) groups is 2. The molecule has 1 aliphatic heterocycles. The third kappa shape index (κ3) is 4.91. The minimum atomic E-state index is -0.727. The number of likely N-dealkylation sites (N-methyl/N-ethyl adjacent to an activating group) is 1. The molecule has 1 aromatic heterocycles. The molecule has 2 N–H and O–H groups in total. The van der Waals surface area contributed by atoms with Crippen molar-refractivity contribution in [1.82, 2.24) is 25.1 Å². The molecule has 0 spiro atoms. The maximum atomic E-state index is 13.7. The Morgan fingerprint density at radius 3 is 2.58 bits per heavy atom. The number of nitrogens with zero attached hydrogens (tertiary/aromatic N) is 3. The lowest BCUT2D eigenvalue weighted by Gasteiger charge is -2.29. The van der Waals surface area contributed by atoms with Gasteiger partial charge >= 0.3 is 0 Å². The van der Waals surface area contributed by atoms with Gasteiger partial charge in [0.25, 0.3) is 5.91 Å². The SMILES string of the molecule is CNC(=O)[C@@H](NC(=O)c1nc(-c2ccc(F)c(Cl)c2)n2c1CN(C)CCC2)C(C)(C)C. The fraction of sp³-hybridized carbons (Fsp3) is 0.500. The summed E-state index contributed by atoms with van der Waals surface area (Å²) in [6, 6.07) is 3.69. The standard InChI is InChI=1S/C22H29ClFN5O2/c1-22(2,3)18(21(31)25-4)27-20(30)17-16-12-28(5)9-6-10-29(16)19(26-17)13-7-8-15(24)14(23)11-13/h7-8,11,18H,6,9-10,12H2,1-5H3,(H,25,31)(H,27,30)/t18-/m1/s1. The summed E-state index contributed by atoms with van der Waals surface area (Å²) in [7, 11) is 3.53. The molecule has 1 atom stereocenters. The lowest BCUT2D eigenvalue weighted by molar-refractivity contribution is -0.124. The lowest BCUT2D eigenvalue weighted by atomic mass is 9.86. The summed E-state index contributed by atoms with van der Waals surface area (Å²) in [6.45, 7) is 7.74. The smallest absolute Gasteiger partial charge is 0.272 e. The van der Waals surface area contributed by atoms with Crippen LogP contribution in [0.3, 0.4) is 0 Å². The monoisotopic (exact) mass is 449 g/mol. The molecular weight excluding hydrogens is 421 g/mol. The van der Waals surface area contributed by atoms with Crippen molar-refractivity contribution in [3.05, 3.63) is 40.4 Å². The van der Waals surface area contributed by atoms with Crippen LogP contribution in [0.4, 0.5) is 4.39 Å². The van der Waals surface area contributed by atoms with Crippen LogP contribution < -0.4 is 10.6 Å². The molecule has 0 unspecified atom stereocenters. The van der Waals surface area contributed by atoms with E-state index >= 15 is 0 Å². The highest BCUT2D eigenvalue weighted by Gasteiger charge is 2.34. The first-order valence-corrected chi connectivity index (χ1v) is 10.7. The van der Waals surface area contributed by atoms with Gasteiger partial charge in [-0.3, -0.25) is 9.59 Å². The zero-order valence-electron chi connectivity index (χ0n) is 18.6. The predicted molar refractivity (Wildman–Crippen MR) is 118 cm³/mol. The Morgan fingerprint density at radius 1 is 1.26 bits per heavy atom. The van der Waals surface area contributed by atoms with Crippen molar-refractivity contribution in [1.29, 1.82) is 0 Å². The Kier molecular flexibility index (Phi) is 6.71.